The van der Waals surface area contributed by atoms with Crippen LogP contribution in [-0.4, -0.2) is 45.9 Å². The van der Waals surface area contributed by atoms with Crippen LogP contribution in [0.2, 0.25) is 0 Å². The van der Waals surface area contributed by atoms with Crippen LogP contribution in [0.5, 0.6) is 0 Å². The number of hydrogen-bond acceptors (Lipinski definition) is 6. The number of hydrogen-bond donors (Lipinski definition) is 2. The molecule has 0 bridgehead atoms. The number of carboxylic acid groups (broad SMARTS) is 1. The Morgan fingerprint density at radius 3 is 2.08 bits per heavy atom. The van der Waals surface area contributed by atoms with E-state index in [1.54, 1.807) is 33.8 Å². The van der Waals surface area contributed by atoms with Gasteiger partial charge in [0.15, 0.2) is 5.60 Å². The standard InChI is InChI=1S/C30H50O7/c1-13-17(3)23(31)36-21-15-27(9)26(7,8)16-22(37-24(32)18(4)14-2)29(11,30(12,35)25(33)34)20(6)28(27,10)19(21)5/h13,18-22,35H,14-16H2,1-12H3,(H,33,34)/b17-13-/t18-,19?,20?,21?,22-,27?,28?,29?,30+/m0/s1. The quantitative estimate of drug-likeness (QED) is 0.322. The normalized spacial score (nSPS) is 40.1. The van der Waals surface area contributed by atoms with Crippen LogP contribution in [0.15, 0.2) is 11.6 Å². The molecule has 6 unspecified atom stereocenters. The maximum atomic E-state index is 13.1. The van der Waals surface area contributed by atoms with Gasteiger partial charge in [-0.15, -0.1) is 0 Å². The zero-order valence-electron chi connectivity index (χ0n) is 25.0. The predicted molar refractivity (Wildman–Crippen MR) is 143 cm³/mol. The molecule has 212 valence electrons. The van der Waals surface area contributed by atoms with E-state index >= 15 is 0 Å². The molecule has 0 aromatic carbocycles. The summed E-state index contributed by atoms with van der Waals surface area (Å²) in [6, 6.07) is 0. The minimum atomic E-state index is -2.19. The van der Waals surface area contributed by atoms with E-state index in [9.17, 15) is 24.6 Å². The molecule has 0 radical (unpaired) electrons. The highest BCUT2D eigenvalue weighted by atomic mass is 16.6. The largest absolute Gasteiger partial charge is 0.479 e. The molecule has 0 heterocycles. The van der Waals surface area contributed by atoms with Gasteiger partial charge in [-0.05, 0) is 68.1 Å². The number of esters is 2. The Balaban J connectivity index is 2.78. The summed E-state index contributed by atoms with van der Waals surface area (Å²) < 4.78 is 12.2. The van der Waals surface area contributed by atoms with Gasteiger partial charge in [0.2, 0.25) is 0 Å². The highest BCUT2D eigenvalue weighted by molar-refractivity contribution is 5.87. The third kappa shape index (κ3) is 4.43. The number of rotatable bonds is 7. The highest BCUT2D eigenvalue weighted by Gasteiger charge is 2.74. The molecule has 2 fully saturated rings. The van der Waals surface area contributed by atoms with E-state index in [4.69, 9.17) is 9.47 Å². The Hall–Kier alpha value is -1.89. The number of allylic oxidation sites excluding steroid dienone is 1. The molecule has 0 aliphatic heterocycles. The summed E-state index contributed by atoms with van der Waals surface area (Å²) in [6.45, 7) is 22.9. The van der Waals surface area contributed by atoms with Crippen molar-refractivity contribution in [3.63, 3.8) is 0 Å². The third-order valence-corrected chi connectivity index (χ3v) is 11.7. The fourth-order valence-corrected chi connectivity index (χ4v) is 7.41. The van der Waals surface area contributed by atoms with Gasteiger partial charge in [-0.1, -0.05) is 68.4 Å². The third-order valence-electron chi connectivity index (χ3n) is 11.7. The van der Waals surface area contributed by atoms with Crippen LogP contribution in [0.3, 0.4) is 0 Å². The summed E-state index contributed by atoms with van der Waals surface area (Å²) in [5.74, 6) is -3.00. The molecular formula is C30H50O7. The van der Waals surface area contributed by atoms with Crippen molar-refractivity contribution >= 4 is 17.9 Å². The minimum absolute atomic E-state index is 0.145. The summed E-state index contributed by atoms with van der Waals surface area (Å²) in [5, 5.41) is 21.9. The number of aliphatic carboxylic acids is 1. The first-order valence-electron chi connectivity index (χ1n) is 13.7. The Labute approximate surface area is 223 Å². The molecule has 0 spiro atoms. The summed E-state index contributed by atoms with van der Waals surface area (Å²) in [6.07, 6.45) is 2.07. The van der Waals surface area contributed by atoms with Gasteiger partial charge in [-0.25, -0.2) is 9.59 Å². The molecule has 2 aliphatic carbocycles. The van der Waals surface area contributed by atoms with Crippen LogP contribution >= 0.6 is 0 Å². The van der Waals surface area contributed by atoms with Gasteiger partial charge in [0.05, 0.1) is 5.92 Å². The maximum absolute atomic E-state index is 13.1. The van der Waals surface area contributed by atoms with Crippen molar-refractivity contribution in [3.8, 4) is 0 Å². The molecule has 0 amide bonds. The summed E-state index contributed by atoms with van der Waals surface area (Å²) >= 11 is 0. The van der Waals surface area contributed by atoms with Crippen LogP contribution in [0.4, 0.5) is 0 Å². The van der Waals surface area contributed by atoms with Crippen molar-refractivity contribution in [1.29, 1.82) is 0 Å². The van der Waals surface area contributed by atoms with E-state index < -0.39 is 45.3 Å². The van der Waals surface area contributed by atoms with Crippen molar-refractivity contribution in [3.05, 3.63) is 11.6 Å². The van der Waals surface area contributed by atoms with Crippen LogP contribution in [-0.2, 0) is 23.9 Å². The Morgan fingerprint density at radius 1 is 1.08 bits per heavy atom. The maximum Gasteiger partial charge on any atom is 0.336 e. The lowest BCUT2D eigenvalue weighted by Crippen LogP contribution is -2.63. The highest BCUT2D eigenvalue weighted by Crippen LogP contribution is 2.74. The van der Waals surface area contributed by atoms with Crippen LogP contribution < -0.4 is 0 Å². The van der Waals surface area contributed by atoms with E-state index in [2.05, 4.69) is 34.6 Å². The first kappa shape index (κ1) is 31.3. The van der Waals surface area contributed by atoms with Gasteiger partial charge >= 0.3 is 17.9 Å². The van der Waals surface area contributed by atoms with E-state index in [0.29, 0.717) is 24.8 Å². The van der Waals surface area contributed by atoms with E-state index in [1.807, 2.05) is 13.8 Å². The van der Waals surface area contributed by atoms with Gasteiger partial charge < -0.3 is 19.7 Å². The topological polar surface area (TPSA) is 110 Å². The zero-order valence-corrected chi connectivity index (χ0v) is 25.0. The molecular weight excluding hydrogens is 472 g/mol. The number of fused-ring (bicyclic) bond motifs is 1. The second-order valence-corrected chi connectivity index (χ2v) is 13.2. The summed E-state index contributed by atoms with van der Waals surface area (Å²) in [7, 11) is 0. The lowest BCUT2D eigenvalue weighted by atomic mass is 9.47. The van der Waals surface area contributed by atoms with Crippen molar-refractivity contribution < 1.29 is 34.1 Å². The SMILES string of the molecule is C/C=C(/C)C(=O)OC1CC2(C)C(C)(C)C[C@H](OC(=O)[C@@H](C)CC)C(C)([C@](C)(O)C(=O)O)C(C)C2(C)C1C. The second kappa shape index (κ2) is 10.0. The second-order valence-electron chi connectivity index (χ2n) is 13.2. The molecule has 2 saturated carbocycles. The van der Waals surface area contributed by atoms with Crippen molar-refractivity contribution in [2.75, 3.05) is 0 Å². The molecule has 0 aromatic rings. The molecule has 2 N–H and O–H groups in total. The fraction of sp³-hybridized carbons (Fsp3) is 0.833. The Bertz CT molecular complexity index is 950. The van der Waals surface area contributed by atoms with Gasteiger partial charge in [0.25, 0.3) is 0 Å². The summed E-state index contributed by atoms with van der Waals surface area (Å²) in [5.41, 5.74) is -4.44. The monoisotopic (exact) mass is 522 g/mol. The van der Waals surface area contributed by atoms with Gasteiger partial charge in [-0.3, -0.25) is 4.79 Å². The number of carbonyl (C=O) groups excluding carboxylic acids is 2. The van der Waals surface area contributed by atoms with E-state index in [1.165, 1.54) is 6.92 Å². The fourth-order valence-electron chi connectivity index (χ4n) is 7.41. The first-order chi connectivity index (χ1) is 16.7. The average Bonchev–Trinajstić information content (AvgIpc) is 3.01. The molecule has 9 atom stereocenters. The molecule has 37 heavy (non-hydrogen) atoms. The molecule has 2 aliphatic rings. The van der Waals surface area contributed by atoms with Gasteiger partial charge in [0.1, 0.15) is 12.2 Å². The molecule has 2 rings (SSSR count). The van der Waals surface area contributed by atoms with Gasteiger partial charge in [0, 0.05) is 11.0 Å². The molecule has 7 heteroatoms. The Kier molecular flexibility index (Phi) is 8.48. The van der Waals surface area contributed by atoms with Crippen LogP contribution in [0, 0.1) is 39.4 Å². The van der Waals surface area contributed by atoms with E-state index in [-0.39, 0.29) is 29.9 Å². The van der Waals surface area contributed by atoms with Crippen molar-refractivity contribution in [2.45, 2.75) is 120 Å². The Morgan fingerprint density at radius 2 is 1.62 bits per heavy atom. The molecule has 0 saturated heterocycles. The molecule has 7 nitrogen and oxygen atoms in total. The lowest BCUT2D eigenvalue weighted by Gasteiger charge is -2.57. The summed E-state index contributed by atoms with van der Waals surface area (Å²) in [4.78, 5) is 38.4. The van der Waals surface area contributed by atoms with Crippen molar-refractivity contribution in [1.82, 2.24) is 0 Å². The van der Waals surface area contributed by atoms with Gasteiger partial charge in [-0.2, -0.15) is 0 Å². The van der Waals surface area contributed by atoms with Crippen LogP contribution in [0.1, 0.15) is 102 Å². The number of carboxylic acids is 1. The number of ether oxygens (including phenoxy) is 2. The van der Waals surface area contributed by atoms with Crippen molar-refractivity contribution in [2.24, 2.45) is 39.4 Å². The van der Waals surface area contributed by atoms with E-state index in [0.717, 1.165) is 0 Å². The molecule has 0 aromatic heterocycles. The first-order valence-corrected chi connectivity index (χ1v) is 13.7. The van der Waals surface area contributed by atoms with Crippen LogP contribution in [0.25, 0.3) is 0 Å². The number of carbonyl (C=O) groups is 3. The minimum Gasteiger partial charge on any atom is -0.479 e. The predicted octanol–water partition coefficient (Wildman–Crippen LogP) is 5.78. The number of aliphatic hydroxyl groups is 1. The zero-order chi connectivity index (χ0) is 28.9. The lowest BCUT2D eigenvalue weighted by molar-refractivity contribution is -0.214. The average molecular weight is 523 g/mol. The smallest absolute Gasteiger partial charge is 0.336 e.